The highest BCUT2D eigenvalue weighted by atomic mass is 33.1. The zero-order valence-corrected chi connectivity index (χ0v) is 26.8. The molecule has 1 fully saturated rings. The minimum absolute atomic E-state index is 0.0338. The number of amides is 6. The third kappa shape index (κ3) is 10.5. The molecule has 0 spiro atoms. The van der Waals surface area contributed by atoms with Crippen molar-refractivity contribution in [2.45, 2.75) is 51.2 Å². The van der Waals surface area contributed by atoms with E-state index >= 15 is 0 Å². The first-order valence-electron chi connectivity index (χ1n) is 14.1. The minimum Gasteiger partial charge on any atom is -0.368 e. The van der Waals surface area contributed by atoms with Gasteiger partial charge in [-0.1, -0.05) is 33.7 Å². The number of hydrogen-bond donors (Lipinski definition) is 6. The van der Waals surface area contributed by atoms with Crippen molar-refractivity contribution in [3.63, 3.8) is 0 Å². The van der Waals surface area contributed by atoms with Crippen LogP contribution >= 0.6 is 21.6 Å². The number of hydrogen-bond acceptors (Lipinski definition) is 10. The molecule has 15 nitrogen and oxygen atoms in total. The summed E-state index contributed by atoms with van der Waals surface area (Å²) in [5, 5.41) is 21.2. The number of primary amides is 2. The highest BCUT2D eigenvalue weighted by molar-refractivity contribution is 8.76. The number of carbonyl (C=O) groups excluding carboxylic acids is 6. The SMILES string of the molecule is Cc1cc(C(N)=O)cc(C)c1CCC(=O)N[C@H]1CSSC[C@@H](C(N)=O)NC(=O)[C@H](Cc2ccc([N+](=O)[O-])cc2)NC(=O)CNC1=O. The Morgan fingerprint density at radius 2 is 1.61 bits per heavy atom. The maximum Gasteiger partial charge on any atom is 0.269 e. The molecule has 3 rings (SSSR count). The zero-order chi connectivity index (χ0) is 34.0. The summed E-state index contributed by atoms with van der Waals surface area (Å²) in [6, 6.07) is 5.37. The predicted molar refractivity (Wildman–Crippen MR) is 172 cm³/mol. The molecule has 0 bridgehead atoms. The first-order chi connectivity index (χ1) is 21.7. The molecule has 2 aromatic rings. The lowest BCUT2D eigenvalue weighted by Crippen LogP contribution is -2.56. The maximum atomic E-state index is 13.1. The van der Waals surface area contributed by atoms with Crippen LogP contribution in [0.2, 0.25) is 0 Å². The molecule has 6 amide bonds. The Hall–Kier alpha value is -4.64. The number of carbonyl (C=O) groups is 6. The summed E-state index contributed by atoms with van der Waals surface area (Å²) in [5.74, 6) is -3.72. The number of rotatable bonds is 9. The first kappa shape index (κ1) is 35.8. The van der Waals surface area contributed by atoms with E-state index in [0.29, 0.717) is 17.5 Å². The van der Waals surface area contributed by atoms with Gasteiger partial charge in [-0.2, -0.15) is 0 Å². The van der Waals surface area contributed by atoms with Crippen LogP contribution in [0.1, 0.15) is 39.0 Å². The number of benzene rings is 2. The molecular formula is C29H35N7O8S2. The fraction of sp³-hybridized carbons (Fsp3) is 0.379. The lowest BCUT2D eigenvalue weighted by molar-refractivity contribution is -0.384. The van der Waals surface area contributed by atoms with Crippen LogP contribution < -0.4 is 32.7 Å². The monoisotopic (exact) mass is 673 g/mol. The molecule has 0 unspecified atom stereocenters. The Kier molecular flexibility index (Phi) is 12.9. The largest absolute Gasteiger partial charge is 0.368 e. The van der Waals surface area contributed by atoms with Crippen molar-refractivity contribution < 1.29 is 33.7 Å². The molecule has 1 aliphatic rings. The van der Waals surface area contributed by atoms with Gasteiger partial charge >= 0.3 is 0 Å². The highest BCUT2D eigenvalue weighted by Gasteiger charge is 2.28. The number of aryl methyl sites for hydroxylation is 2. The summed E-state index contributed by atoms with van der Waals surface area (Å²) < 4.78 is 0. The summed E-state index contributed by atoms with van der Waals surface area (Å²) in [6.07, 6.45) is 0.316. The lowest BCUT2D eigenvalue weighted by Gasteiger charge is -2.24. The molecule has 1 heterocycles. The molecule has 0 aliphatic carbocycles. The zero-order valence-electron chi connectivity index (χ0n) is 25.1. The number of nitro groups is 1. The van der Waals surface area contributed by atoms with Crippen LogP contribution in [0.5, 0.6) is 0 Å². The van der Waals surface area contributed by atoms with Crippen LogP contribution in [0.4, 0.5) is 5.69 Å². The fourth-order valence-electron chi connectivity index (χ4n) is 4.65. The Bertz CT molecular complexity index is 1500. The van der Waals surface area contributed by atoms with E-state index in [1.807, 2.05) is 13.8 Å². The number of nitrogens with one attached hydrogen (secondary N) is 4. The fourth-order valence-corrected chi connectivity index (χ4v) is 6.99. The molecule has 0 aromatic heterocycles. The molecule has 2 aromatic carbocycles. The van der Waals surface area contributed by atoms with Gasteiger partial charge < -0.3 is 32.7 Å². The quantitative estimate of drug-likeness (QED) is 0.118. The van der Waals surface area contributed by atoms with E-state index in [9.17, 15) is 38.9 Å². The Balaban J connectivity index is 1.71. The summed E-state index contributed by atoms with van der Waals surface area (Å²) in [5.41, 5.74) is 14.1. The van der Waals surface area contributed by atoms with Crippen LogP contribution in [-0.2, 0) is 36.8 Å². The maximum absolute atomic E-state index is 13.1. The highest BCUT2D eigenvalue weighted by Crippen LogP contribution is 2.24. The average Bonchev–Trinajstić information content (AvgIpc) is 2.99. The van der Waals surface area contributed by atoms with E-state index in [-0.39, 0.29) is 30.0 Å². The van der Waals surface area contributed by atoms with Gasteiger partial charge in [0.15, 0.2) is 0 Å². The molecule has 46 heavy (non-hydrogen) atoms. The number of non-ortho nitro benzene ring substituents is 1. The lowest BCUT2D eigenvalue weighted by atomic mass is 9.95. The molecule has 8 N–H and O–H groups in total. The van der Waals surface area contributed by atoms with Gasteiger partial charge in [0.25, 0.3) is 5.69 Å². The van der Waals surface area contributed by atoms with Crippen molar-refractivity contribution in [2.75, 3.05) is 18.1 Å². The Morgan fingerprint density at radius 3 is 2.20 bits per heavy atom. The molecule has 0 saturated carbocycles. The third-order valence-electron chi connectivity index (χ3n) is 7.11. The normalized spacial score (nSPS) is 19.5. The average molecular weight is 674 g/mol. The van der Waals surface area contributed by atoms with Crippen LogP contribution in [0.15, 0.2) is 36.4 Å². The van der Waals surface area contributed by atoms with Crippen molar-refractivity contribution in [1.29, 1.82) is 0 Å². The van der Waals surface area contributed by atoms with Gasteiger partial charge in [0, 0.05) is 42.0 Å². The topological polar surface area (TPSA) is 246 Å². The second-order valence-corrected chi connectivity index (χ2v) is 13.1. The van der Waals surface area contributed by atoms with Crippen molar-refractivity contribution >= 4 is 62.7 Å². The number of nitrogens with zero attached hydrogens (tertiary/aromatic N) is 1. The molecule has 3 atom stereocenters. The van der Waals surface area contributed by atoms with Gasteiger partial charge in [-0.25, -0.2) is 0 Å². The van der Waals surface area contributed by atoms with Crippen molar-refractivity contribution in [3.05, 3.63) is 74.3 Å². The van der Waals surface area contributed by atoms with Gasteiger partial charge in [-0.05, 0) is 54.7 Å². The van der Waals surface area contributed by atoms with Gasteiger partial charge in [-0.15, -0.1) is 0 Å². The van der Waals surface area contributed by atoms with Crippen LogP contribution in [-0.4, -0.2) is 76.5 Å². The van der Waals surface area contributed by atoms with E-state index in [1.165, 1.54) is 35.1 Å². The molecular weight excluding hydrogens is 638 g/mol. The summed E-state index contributed by atoms with van der Waals surface area (Å²) in [6.45, 7) is 3.11. The Labute approximate surface area is 272 Å². The summed E-state index contributed by atoms with van der Waals surface area (Å²) in [4.78, 5) is 86.0. The van der Waals surface area contributed by atoms with Crippen molar-refractivity contribution in [2.24, 2.45) is 11.5 Å². The van der Waals surface area contributed by atoms with Crippen molar-refractivity contribution in [1.82, 2.24) is 21.3 Å². The molecule has 17 heteroatoms. The predicted octanol–water partition coefficient (Wildman–Crippen LogP) is -0.0633. The molecule has 0 radical (unpaired) electrons. The summed E-state index contributed by atoms with van der Waals surface area (Å²) >= 11 is 0. The molecule has 1 saturated heterocycles. The second kappa shape index (κ2) is 16.6. The third-order valence-corrected chi connectivity index (χ3v) is 9.53. The van der Waals surface area contributed by atoms with Gasteiger partial charge in [0.1, 0.15) is 18.1 Å². The van der Waals surface area contributed by atoms with E-state index in [4.69, 9.17) is 11.5 Å². The molecule has 246 valence electrons. The van der Waals surface area contributed by atoms with Crippen molar-refractivity contribution in [3.8, 4) is 0 Å². The van der Waals surface area contributed by atoms with Gasteiger partial charge in [0.2, 0.25) is 35.4 Å². The van der Waals surface area contributed by atoms with Crippen LogP contribution in [0, 0.1) is 24.0 Å². The standard InChI is InChI=1S/C29H35N7O8S2/c1-15-9-18(26(30)39)10-16(2)20(15)7-8-24(37)34-23-14-46-45-13-22(27(31)40)35-29(42)21(33-25(38)12-32-28(23)41)11-17-3-5-19(6-4-17)36(43)44/h3-6,9-10,21-23H,7-8,11-14H2,1-2H3,(H2,30,39)(H2,31,40)(H,32,41)(H,33,38)(H,34,37)(H,35,42)/t21-,22-,23-/m0/s1. The van der Waals surface area contributed by atoms with Crippen LogP contribution in [0.25, 0.3) is 0 Å². The number of nitro benzene ring substituents is 1. The minimum atomic E-state index is -1.20. The van der Waals surface area contributed by atoms with E-state index in [1.54, 1.807) is 12.1 Å². The van der Waals surface area contributed by atoms with Gasteiger partial charge in [-0.3, -0.25) is 38.9 Å². The van der Waals surface area contributed by atoms with E-state index < -0.39 is 65.0 Å². The summed E-state index contributed by atoms with van der Waals surface area (Å²) in [7, 11) is 2.33. The smallest absolute Gasteiger partial charge is 0.269 e. The second-order valence-electron chi connectivity index (χ2n) is 10.6. The Morgan fingerprint density at radius 1 is 0.978 bits per heavy atom. The van der Waals surface area contributed by atoms with Gasteiger partial charge in [0.05, 0.1) is 11.5 Å². The molecule has 1 aliphatic heterocycles. The van der Waals surface area contributed by atoms with E-state index in [0.717, 1.165) is 27.5 Å². The van der Waals surface area contributed by atoms with E-state index in [2.05, 4.69) is 21.3 Å². The first-order valence-corrected chi connectivity index (χ1v) is 16.6. The van der Waals surface area contributed by atoms with Crippen LogP contribution in [0.3, 0.4) is 0 Å². The number of nitrogens with two attached hydrogens (primary N) is 2.